The molecule has 256 valence electrons. The Kier molecular flexibility index (Phi) is 11.8. The second-order valence-corrected chi connectivity index (χ2v) is 12.9. The number of hydrogen-bond acceptors (Lipinski definition) is 8. The Morgan fingerprint density at radius 1 is 0.633 bits per heavy atom. The van der Waals surface area contributed by atoms with Gasteiger partial charge < -0.3 is 30.5 Å². The van der Waals surface area contributed by atoms with E-state index in [9.17, 15) is 19.2 Å². The van der Waals surface area contributed by atoms with Crippen molar-refractivity contribution in [1.82, 2.24) is 25.8 Å². The van der Waals surface area contributed by atoms with E-state index < -0.39 is 0 Å². The summed E-state index contributed by atoms with van der Waals surface area (Å²) in [5.41, 5.74) is 9.06. The first-order valence-electron chi connectivity index (χ1n) is 16.7. The number of benzene rings is 3. The van der Waals surface area contributed by atoms with Crippen molar-refractivity contribution in [2.24, 2.45) is 9.98 Å². The highest BCUT2D eigenvalue weighted by Gasteiger charge is 2.21. The number of nitrogens with one attached hydrogen (secondary N) is 3. The van der Waals surface area contributed by atoms with Crippen LogP contribution in [0.3, 0.4) is 0 Å². The summed E-state index contributed by atoms with van der Waals surface area (Å²) >= 11 is 0. The minimum absolute atomic E-state index is 0.00290. The van der Waals surface area contributed by atoms with Crippen LogP contribution in [0.2, 0.25) is 0 Å². The first-order chi connectivity index (χ1) is 23.5. The summed E-state index contributed by atoms with van der Waals surface area (Å²) in [5, 5.41) is 8.77. The zero-order valence-corrected chi connectivity index (χ0v) is 28.8. The fourth-order valence-corrected chi connectivity index (χ4v) is 5.71. The Labute approximate surface area is 287 Å². The lowest BCUT2D eigenvalue weighted by Gasteiger charge is -2.17. The fourth-order valence-electron chi connectivity index (χ4n) is 5.71. The van der Waals surface area contributed by atoms with Crippen LogP contribution in [0, 0.1) is 0 Å². The number of ketones is 1. The standard InChI is InChI=1S/C38H45N7O4/c1-25(46)5-14-36(47)39-16-19-45(4)20-17-41-38(49)29-11-13-33-31(22-29)24-35(43-33)27-8-6-26(7-9-27)34-23-30-21-28(10-12-32(30)42-34)37(48)40-15-18-44(2)3/h6-13,21-22H,5,14-20,23-24H2,1-4H3,(H,39,47)(H,40,48)(H,41,49). The number of nitrogens with zero attached hydrogens (tertiary/aromatic N) is 4. The lowest BCUT2D eigenvalue weighted by Crippen LogP contribution is -2.37. The van der Waals surface area contributed by atoms with Crippen molar-refractivity contribution in [2.45, 2.75) is 32.6 Å². The molecule has 0 saturated heterocycles. The largest absolute Gasteiger partial charge is 0.355 e. The molecule has 2 heterocycles. The van der Waals surface area contributed by atoms with Crippen molar-refractivity contribution < 1.29 is 19.2 Å². The maximum Gasteiger partial charge on any atom is 0.251 e. The van der Waals surface area contributed by atoms with E-state index in [-0.39, 0.29) is 36.3 Å². The summed E-state index contributed by atoms with van der Waals surface area (Å²) < 4.78 is 0. The van der Waals surface area contributed by atoms with Crippen molar-refractivity contribution in [3.8, 4) is 0 Å². The number of aliphatic imine (C=N–C) groups is 2. The highest BCUT2D eigenvalue weighted by Crippen LogP contribution is 2.32. The molecule has 0 aliphatic carbocycles. The summed E-state index contributed by atoms with van der Waals surface area (Å²) in [6.45, 7) is 5.10. The van der Waals surface area contributed by atoms with E-state index in [1.807, 2.05) is 61.3 Å². The molecule has 0 spiro atoms. The van der Waals surface area contributed by atoms with Gasteiger partial charge in [-0.25, -0.2) is 0 Å². The Hall–Kier alpha value is -5.00. The molecule has 3 aromatic rings. The quantitative estimate of drug-likeness (QED) is 0.215. The van der Waals surface area contributed by atoms with Crippen molar-refractivity contribution >= 4 is 46.3 Å². The number of carbonyl (C=O) groups is 4. The molecule has 49 heavy (non-hydrogen) atoms. The monoisotopic (exact) mass is 663 g/mol. The summed E-state index contributed by atoms with van der Waals surface area (Å²) in [4.78, 5) is 62.0. The van der Waals surface area contributed by atoms with Gasteiger partial charge in [0.2, 0.25) is 5.91 Å². The minimum Gasteiger partial charge on any atom is -0.355 e. The predicted octanol–water partition coefficient (Wildman–Crippen LogP) is 3.48. The molecule has 0 unspecified atom stereocenters. The molecule has 3 N–H and O–H groups in total. The maximum atomic E-state index is 12.9. The van der Waals surface area contributed by atoms with Gasteiger partial charge in [-0.05, 0) is 86.7 Å². The van der Waals surface area contributed by atoms with E-state index in [4.69, 9.17) is 9.98 Å². The maximum absolute atomic E-state index is 12.9. The molecule has 11 heteroatoms. The van der Waals surface area contributed by atoms with Crippen LogP contribution in [-0.4, -0.2) is 105 Å². The van der Waals surface area contributed by atoms with Gasteiger partial charge in [-0.15, -0.1) is 0 Å². The first-order valence-corrected chi connectivity index (χ1v) is 16.7. The fraction of sp³-hybridized carbons (Fsp3) is 0.368. The van der Waals surface area contributed by atoms with Gasteiger partial charge in [0, 0.05) is 76.1 Å². The van der Waals surface area contributed by atoms with Gasteiger partial charge in [-0.3, -0.25) is 24.4 Å². The van der Waals surface area contributed by atoms with Crippen molar-refractivity contribution in [1.29, 1.82) is 0 Å². The molecule has 2 aliphatic heterocycles. The van der Waals surface area contributed by atoms with Crippen molar-refractivity contribution in [3.63, 3.8) is 0 Å². The second-order valence-electron chi connectivity index (χ2n) is 12.9. The number of rotatable bonds is 16. The van der Waals surface area contributed by atoms with Crippen LogP contribution in [0.4, 0.5) is 11.4 Å². The Morgan fingerprint density at radius 3 is 1.57 bits per heavy atom. The molecule has 5 rings (SSSR count). The van der Waals surface area contributed by atoms with E-state index >= 15 is 0 Å². The zero-order chi connectivity index (χ0) is 34.9. The number of Topliss-reactive ketones (excluding diaryl/α,β-unsaturated/α-hetero) is 1. The zero-order valence-electron chi connectivity index (χ0n) is 28.8. The highest BCUT2D eigenvalue weighted by molar-refractivity contribution is 6.10. The number of likely N-dealkylation sites (N-methyl/N-ethyl adjacent to an activating group) is 2. The van der Waals surface area contributed by atoms with Gasteiger partial charge >= 0.3 is 0 Å². The van der Waals surface area contributed by atoms with E-state index in [2.05, 4.69) is 40.2 Å². The molecular formula is C38H45N7O4. The molecule has 0 bridgehead atoms. The van der Waals surface area contributed by atoms with Crippen LogP contribution in [-0.2, 0) is 22.4 Å². The Bertz CT molecular complexity index is 1780. The SMILES string of the molecule is CC(=O)CCC(=O)NCCN(C)CCNC(=O)c1ccc2c(c1)CC(c1ccc(C3=Nc4ccc(C(=O)NCCN(C)C)cc4C3)cc1)=N2. The Morgan fingerprint density at radius 2 is 1.10 bits per heavy atom. The van der Waals surface area contributed by atoms with Crippen molar-refractivity contribution in [3.05, 3.63) is 94.0 Å². The smallest absolute Gasteiger partial charge is 0.251 e. The third-order valence-electron chi connectivity index (χ3n) is 8.60. The van der Waals surface area contributed by atoms with E-state index in [0.717, 1.165) is 51.6 Å². The van der Waals surface area contributed by atoms with Crippen molar-refractivity contribution in [2.75, 3.05) is 60.4 Å². The van der Waals surface area contributed by atoms with Gasteiger partial charge in [0.1, 0.15) is 5.78 Å². The van der Waals surface area contributed by atoms with Gasteiger partial charge in [-0.1, -0.05) is 24.3 Å². The summed E-state index contributed by atoms with van der Waals surface area (Å²) in [6, 6.07) is 19.6. The van der Waals surface area contributed by atoms with E-state index in [1.54, 1.807) is 6.07 Å². The molecule has 3 aromatic carbocycles. The summed E-state index contributed by atoms with van der Waals surface area (Å²) in [7, 11) is 5.89. The summed E-state index contributed by atoms with van der Waals surface area (Å²) in [5.74, 6) is -0.335. The molecule has 0 aromatic heterocycles. The predicted molar refractivity (Wildman–Crippen MR) is 193 cm³/mol. The van der Waals surface area contributed by atoms with E-state index in [0.29, 0.717) is 56.7 Å². The van der Waals surface area contributed by atoms with Crippen LogP contribution in [0.5, 0.6) is 0 Å². The molecule has 0 radical (unpaired) electrons. The molecule has 0 fully saturated rings. The van der Waals surface area contributed by atoms with Crippen LogP contribution in [0.25, 0.3) is 0 Å². The molecule has 3 amide bonds. The van der Waals surface area contributed by atoms with Crippen LogP contribution >= 0.6 is 0 Å². The third-order valence-corrected chi connectivity index (χ3v) is 8.60. The lowest BCUT2D eigenvalue weighted by atomic mass is 9.98. The highest BCUT2D eigenvalue weighted by atomic mass is 16.2. The number of hydrogen-bond donors (Lipinski definition) is 3. The van der Waals surface area contributed by atoms with Crippen LogP contribution in [0.15, 0.2) is 70.6 Å². The molecule has 2 aliphatic rings. The van der Waals surface area contributed by atoms with Crippen LogP contribution in [0.1, 0.15) is 62.7 Å². The molecular weight excluding hydrogens is 618 g/mol. The normalized spacial score (nSPS) is 13.1. The first kappa shape index (κ1) is 35.3. The second kappa shape index (κ2) is 16.4. The van der Waals surface area contributed by atoms with Crippen LogP contribution < -0.4 is 16.0 Å². The average Bonchev–Trinajstić information content (AvgIpc) is 3.71. The molecule has 11 nitrogen and oxygen atoms in total. The van der Waals surface area contributed by atoms with E-state index in [1.165, 1.54) is 6.92 Å². The number of amides is 3. The molecule has 0 atom stereocenters. The average molecular weight is 664 g/mol. The number of carbonyl (C=O) groups excluding carboxylic acids is 4. The molecule has 0 saturated carbocycles. The summed E-state index contributed by atoms with van der Waals surface area (Å²) in [6.07, 6.45) is 1.78. The topological polar surface area (TPSA) is 136 Å². The minimum atomic E-state index is -0.137. The lowest BCUT2D eigenvalue weighted by molar-refractivity contribution is -0.124. The van der Waals surface area contributed by atoms with Gasteiger partial charge in [0.25, 0.3) is 11.8 Å². The third kappa shape index (κ3) is 9.77. The van der Waals surface area contributed by atoms with Gasteiger partial charge in [-0.2, -0.15) is 0 Å². The van der Waals surface area contributed by atoms with Gasteiger partial charge in [0.05, 0.1) is 22.8 Å². The number of fused-ring (bicyclic) bond motifs is 2. The van der Waals surface area contributed by atoms with Gasteiger partial charge in [0.15, 0.2) is 0 Å². The Balaban J connectivity index is 1.08.